The maximum absolute atomic E-state index is 11.8. The van der Waals surface area contributed by atoms with Crippen molar-refractivity contribution in [2.75, 3.05) is 11.9 Å². The third-order valence-electron chi connectivity index (χ3n) is 2.59. The van der Waals surface area contributed by atoms with Gasteiger partial charge in [-0.25, -0.2) is 0 Å². The summed E-state index contributed by atoms with van der Waals surface area (Å²) < 4.78 is 6.12. The lowest BCUT2D eigenvalue weighted by Crippen LogP contribution is -2.20. The van der Waals surface area contributed by atoms with Crippen molar-refractivity contribution in [2.24, 2.45) is 0 Å². The number of nitrogens with one attached hydrogen (secondary N) is 1. The fourth-order valence-corrected chi connectivity index (χ4v) is 2.12. The molecule has 0 atom stereocenters. The second kappa shape index (κ2) is 7.24. The normalized spacial score (nSPS) is 10.0. The summed E-state index contributed by atoms with van der Waals surface area (Å²) in [5.74, 6) is 0.0385. The largest absolute Gasteiger partial charge is 0.483 e. The fourth-order valence-electron chi connectivity index (χ4n) is 1.62. The zero-order valence-corrected chi connectivity index (χ0v) is 13.1. The van der Waals surface area contributed by atoms with E-state index in [0.29, 0.717) is 28.3 Å². The molecule has 1 amide bonds. The summed E-state index contributed by atoms with van der Waals surface area (Å²) in [4.78, 5) is 22.7. The molecule has 4 nitrogen and oxygen atoms in total. The van der Waals surface area contributed by atoms with Gasteiger partial charge >= 0.3 is 0 Å². The van der Waals surface area contributed by atoms with Crippen LogP contribution in [0.2, 0.25) is 5.02 Å². The van der Waals surface area contributed by atoms with Gasteiger partial charge in [-0.1, -0.05) is 27.5 Å². The summed E-state index contributed by atoms with van der Waals surface area (Å²) in [5.41, 5.74) is 1.00. The standard InChI is InChI=1S/C15H11BrClNO3/c16-11-1-6-14(10(7-11)8-19)21-9-15(20)18-13-4-2-12(17)3-5-13/h1-8H,9H2,(H,18,20). The monoisotopic (exact) mass is 367 g/mol. The fraction of sp³-hybridized carbons (Fsp3) is 0.0667. The van der Waals surface area contributed by atoms with Gasteiger partial charge in [0.2, 0.25) is 0 Å². The lowest BCUT2D eigenvalue weighted by molar-refractivity contribution is -0.118. The summed E-state index contributed by atoms with van der Waals surface area (Å²) in [5, 5.41) is 3.26. The molecule has 0 aromatic heterocycles. The van der Waals surface area contributed by atoms with E-state index in [-0.39, 0.29) is 12.5 Å². The van der Waals surface area contributed by atoms with E-state index in [2.05, 4.69) is 21.2 Å². The Bertz CT molecular complexity index is 658. The van der Waals surface area contributed by atoms with Crippen molar-refractivity contribution in [1.82, 2.24) is 0 Å². The third kappa shape index (κ3) is 4.58. The second-order valence-corrected chi connectivity index (χ2v) is 5.50. The molecule has 0 aliphatic carbocycles. The molecule has 0 radical (unpaired) electrons. The average molecular weight is 369 g/mol. The Kier molecular flexibility index (Phi) is 5.36. The SMILES string of the molecule is O=Cc1cc(Br)ccc1OCC(=O)Nc1ccc(Cl)cc1. The number of hydrogen-bond donors (Lipinski definition) is 1. The van der Waals surface area contributed by atoms with E-state index >= 15 is 0 Å². The lowest BCUT2D eigenvalue weighted by atomic mass is 10.2. The average Bonchev–Trinajstić information content (AvgIpc) is 2.48. The molecule has 0 unspecified atom stereocenters. The molecule has 2 aromatic carbocycles. The first-order valence-electron chi connectivity index (χ1n) is 6.01. The van der Waals surface area contributed by atoms with Crippen LogP contribution in [-0.2, 0) is 4.79 Å². The van der Waals surface area contributed by atoms with E-state index in [1.807, 2.05) is 0 Å². The quantitative estimate of drug-likeness (QED) is 0.814. The van der Waals surface area contributed by atoms with Gasteiger partial charge in [0.05, 0.1) is 5.56 Å². The number of halogens is 2. The predicted molar refractivity (Wildman–Crippen MR) is 85.1 cm³/mol. The first-order valence-corrected chi connectivity index (χ1v) is 7.18. The topological polar surface area (TPSA) is 55.4 Å². The van der Waals surface area contributed by atoms with Gasteiger partial charge in [-0.2, -0.15) is 0 Å². The number of anilines is 1. The maximum Gasteiger partial charge on any atom is 0.262 e. The van der Waals surface area contributed by atoms with Gasteiger partial charge in [-0.3, -0.25) is 9.59 Å². The predicted octanol–water partition coefficient (Wildman–Crippen LogP) is 3.93. The van der Waals surface area contributed by atoms with Crippen LogP contribution in [0.15, 0.2) is 46.9 Å². The summed E-state index contributed by atoms with van der Waals surface area (Å²) in [6, 6.07) is 11.7. The second-order valence-electron chi connectivity index (χ2n) is 4.14. The minimum Gasteiger partial charge on any atom is -0.483 e. The zero-order valence-electron chi connectivity index (χ0n) is 10.8. The van der Waals surface area contributed by atoms with E-state index in [0.717, 1.165) is 4.47 Å². The van der Waals surface area contributed by atoms with Crippen LogP contribution >= 0.6 is 27.5 Å². The van der Waals surface area contributed by atoms with Crippen LogP contribution in [0.4, 0.5) is 5.69 Å². The molecule has 0 aliphatic heterocycles. The number of carbonyl (C=O) groups excluding carboxylic acids is 2. The molecule has 21 heavy (non-hydrogen) atoms. The molecule has 0 fully saturated rings. The van der Waals surface area contributed by atoms with E-state index in [1.54, 1.807) is 42.5 Å². The Balaban J connectivity index is 1.95. The molecule has 6 heteroatoms. The van der Waals surface area contributed by atoms with Crippen LogP contribution in [0, 0.1) is 0 Å². The van der Waals surface area contributed by atoms with E-state index in [4.69, 9.17) is 16.3 Å². The Morgan fingerprint density at radius 3 is 2.62 bits per heavy atom. The van der Waals surface area contributed by atoms with Crippen LogP contribution < -0.4 is 10.1 Å². The Morgan fingerprint density at radius 2 is 1.95 bits per heavy atom. The number of amides is 1. The number of carbonyl (C=O) groups is 2. The van der Waals surface area contributed by atoms with Crippen LogP contribution in [0.1, 0.15) is 10.4 Å². The Morgan fingerprint density at radius 1 is 1.24 bits per heavy atom. The van der Waals surface area contributed by atoms with Gasteiger partial charge in [0.1, 0.15) is 5.75 Å². The summed E-state index contributed by atoms with van der Waals surface area (Å²) in [6.07, 6.45) is 0.678. The molecule has 0 heterocycles. The van der Waals surface area contributed by atoms with Gasteiger partial charge < -0.3 is 10.1 Å². The lowest BCUT2D eigenvalue weighted by Gasteiger charge is -2.09. The highest BCUT2D eigenvalue weighted by Gasteiger charge is 2.07. The molecule has 2 aromatic rings. The maximum atomic E-state index is 11.8. The first-order chi connectivity index (χ1) is 10.1. The molecule has 2 rings (SSSR count). The van der Waals surface area contributed by atoms with E-state index in [1.165, 1.54) is 0 Å². The van der Waals surface area contributed by atoms with Crippen molar-refractivity contribution in [2.45, 2.75) is 0 Å². The number of hydrogen-bond acceptors (Lipinski definition) is 3. The highest BCUT2D eigenvalue weighted by atomic mass is 79.9. The van der Waals surface area contributed by atoms with E-state index < -0.39 is 0 Å². The molecule has 1 N–H and O–H groups in total. The van der Waals surface area contributed by atoms with Crippen molar-refractivity contribution in [1.29, 1.82) is 0 Å². The first kappa shape index (κ1) is 15.5. The summed E-state index contributed by atoms with van der Waals surface area (Å²) in [7, 11) is 0. The molecule has 0 bridgehead atoms. The molecule has 0 aliphatic rings. The van der Waals surface area contributed by atoms with Crippen molar-refractivity contribution in [3.8, 4) is 5.75 Å². The van der Waals surface area contributed by atoms with Gasteiger partial charge in [0, 0.05) is 15.2 Å². The van der Waals surface area contributed by atoms with Crippen LogP contribution in [0.3, 0.4) is 0 Å². The van der Waals surface area contributed by atoms with Crippen LogP contribution in [0.5, 0.6) is 5.75 Å². The van der Waals surface area contributed by atoms with Crippen molar-refractivity contribution >= 4 is 45.4 Å². The molecule has 0 saturated heterocycles. The Labute approximate surface area is 135 Å². The highest BCUT2D eigenvalue weighted by molar-refractivity contribution is 9.10. The van der Waals surface area contributed by atoms with Crippen molar-refractivity contribution < 1.29 is 14.3 Å². The minimum absolute atomic E-state index is 0.189. The van der Waals surface area contributed by atoms with Crippen LogP contribution in [0.25, 0.3) is 0 Å². The van der Waals surface area contributed by atoms with Gasteiger partial charge in [-0.15, -0.1) is 0 Å². The molecular weight excluding hydrogens is 358 g/mol. The highest BCUT2D eigenvalue weighted by Crippen LogP contribution is 2.21. The number of benzene rings is 2. The molecule has 108 valence electrons. The third-order valence-corrected chi connectivity index (χ3v) is 3.33. The number of ether oxygens (including phenoxy) is 1. The van der Waals surface area contributed by atoms with Crippen molar-refractivity contribution in [3.63, 3.8) is 0 Å². The molecule has 0 spiro atoms. The van der Waals surface area contributed by atoms with Gasteiger partial charge in [0.15, 0.2) is 12.9 Å². The smallest absolute Gasteiger partial charge is 0.262 e. The minimum atomic E-state index is -0.322. The van der Waals surface area contributed by atoms with Crippen LogP contribution in [-0.4, -0.2) is 18.8 Å². The summed E-state index contributed by atoms with van der Waals surface area (Å²) in [6.45, 7) is -0.189. The summed E-state index contributed by atoms with van der Waals surface area (Å²) >= 11 is 9.02. The number of aldehydes is 1. The molecule has 0 saturated carbocycles. The van der Waals surface area contributed by atoms with Crippen molar-refractivity contribution in [3.05, 3.63) is 57.5 Å². The Hall–Kier alpha value is -1.85. The number of rotatable bonds is 5. The van der Waals surface area contributed by atoms with E-state index in [9.17, 15) is 9.59 Å². The van der Waals surface area contributed by atoms with Gasteiger partial charge in [-0.05, 0) is 42.5 Å². The molecular formula is C15H11BrClNO3. The zero-order chi connectivity index (χ0) is 15.2. The van der Waals surface area contributed by atoms with Gasteiger partial charge in [0.25, 0.3) is 5.91 Å².